The molecule has 10 heteroatoms. The Morgan fingerprint density at radius 1 is 1.28 bits per heavy atom. The topological polar surface area (TPSA) is 110 Å². The van der Waals surface area contributed by atoms with Crippen molar-refractivity contribution in [3.05, 3.63) is 58.3 Å². The highest BCUT2D eigenvalue weighted by molar-refractivity contribution is 7.89. The van der Waals surface area contributed by atoms with Gasteiger partial charge in [-0.15, -0.1) is 11.3 Å². The van der Waals surface area contributed by atoms with Crippen molar-refractivity contribution >= 4 is 27.3 Å². The fourth-order valence-electron chi connectivity index (χ4n) is 3.58. The lowest BCUT2D eigenvalue weighted by Crippen LogP contribution is -2.41. The zero-order valence-electron chi connectivity index (χ0n) is 17.9. The molecule has 0 saturated carbocycles. The highest BCUT2D eigenvalue weighted by Gasteiger charge is 2.44. The van der Waals surface area contributed by atoms with E-state index in [1.54, 1.807) is 19.1 Å². The number of rotatable bonds is 6. The van der Waals surface area contributed by atoms with E-state index in [0.717, 1.165) is 20.3 Å². The number of hydrogen-bond donors (Lipinski definition) is 1. The summed E-state index contributed by atoms with van der Waals surface area (Å²) in [6.07, 6.45) is -0.977. The number of thiophene rings is 1. The summed E-state index contributed by atoms with van der Waals surface area (Å²) in [7, 11) is -3.98. The third-order valence-electron chi connectivity index (χ3n) is 5.57. The van der Waals surface area contributed by atoms with Gasteiger partial charge in [0.25, 0.3) is 0 Å². The molecule has 2 aromatic heterocycles. The van der Waals surface area contributed by atoms with Crippen molar-refractivity contribution in [2.45, 2.75) is 50.8 Å². The predicted octanol–water partition coefficient (Wildman–Crippen LogP) is 3.20. The van der Waals surface area contributed by atoms with E-state index in [-0.39, 0.29) is 24.5 Å². The molecule has 0 radical (unpaired) electrons. The number of esters is 1. The summed E-state index contributed by atoms with van der Waals surface area (Å²) in [6, 6.07) is 7.45. The molecule has 1 aromatic carbocycles. The first-order valence-electron chi connectivity index (χ1n) is 10.1. The standard InChI is InChI=1S/C22H24N2O6S2/c1-13-6-7-17(9-14(13)2)32(27,28)24-11-16(25)10-19(24)22(26)29-12-18-15(3)30-21(23-18)20-5-4-8-31-20/h4-9,16,19,25H,10-12H2,1-3H3/t16-,19-/m0/s1. The van der Waals surface area contributed by atoms with Crippen LogP contribution in [0.5, 0.6) is 0 Å². The molecular formula is C22H24N2O6S2. The van der Waals surface area contributed by atoms with Gasteiger partial charge in [0.15, 0.2) is 0 Å². The largest absolute Gasteiger partial charge is 0.458 e. The number of β-amino-alcohol motifs (C(OH)–C–C–N with tert-alkyl or cyclic N) is 1. The van der Waals surface area contributed by atoms with Gasteiger partial charge < -0.3 is 14.3 Å². The SMILES string of the molecule is Cc1ccc(S(=O)(=O)N2C[C@@H](O)C[C@H]2C(=O)OCc2nc(-c3cccs3)oc2C)cc1C. The van der Waals surface area contributed by atoms with E-state index in [2.05, 4.69) is 4.98 Å². The zero-order chi connectivity index (χ0) is 23.0. The lowest BCUT2D eigenvalue weighted by atomic mass is 10.1. The number of sulfonamides is 1. The minimum absolute atomic E-state index is 0.0266. The number of oxazole rings is 1. The summed E-state index contributed by atoms with van der Waals surface area (Å²) >= 11 is 1.48. The molecule has 32 heavy (non-hydrogen) atoms. The molecule has 8 nitrogen and oxygen atoms in total. The minimum atomic E-state index is -3.98. The van der Waals surface area contributed by atoms with E-state index in [0.29, 0.717) is 17.3 Å². The van der Waals surface area contributed by atoms with Crippen LogP contribution in [0.2, 0.25) is 0 Å². The maximum absolute atomic E-state index is 13.2. The van der Waals surface area contributed by atoms with Crippen molar-refractivity contribution in [1.82, 2.24) is 9.29 Å². The van der Waals surface area contributed by atoms with E-state index >= 15 is 0 Å². The number of hydrogen-bond acceptors (Lipinski definition) is 8. The van der Waals surface area contributed by atoms with Crippen LogP contribution < -0.4 is 0 Å². The third-order valence-corrected chi connectivity index (χ3v) is 8.29. The van der Waals surface area contributed by atoms with Crippen LogP contribution in [0, 0.1) is 20.8 Å². The molecule has 3 aromatic rings. The first-order chi connectivity index (χ1) is 15.2. The van der Waals surface area contributed by atoms with Crippen LogP contribution in [0.1, 0.15) is 29.0 Å². The molecular weight excluding hydrogens is 452 g/mol. The van der Waals surface area contributed by atoms with Crippen molar-refractivity contribution in [2.24, 2.45) is 0 Å². The normalized spacial score (nSPS) is 19.4. The van der Waals surface area contributed by atoms with E-state index in [1.807, 2.05) is 31.4 Å². The molecule has 1 fully saturated rings. The minimum Gasteiger partial charge on any atom is -0.458 e. The van der Waals surface area contributed by atoms with Gasteiger partial charge in [0, 0.05) is 13.0 Å². The number of aliphatic hydroxyl groups is 1. The second-order valence-electron chi connectivity index (χ2n) is 7.83. The molecule has 1 aliphatic heterocycles. The number of ether oxygens (including phenoxy) is 1. The summed E-state index contributed by atoms with van der Waals surface area (Å²) in [6.45, 7) is 5.12. The molecule has 2 atom stereocenters. The maximum atomic E-state index is 13.2. The number of aliphatic hydroxyl groups excluding tert-OH is 1. The summed E-state index contributed by atoms with van der Waals surface area (Å²) in [5.74, 6) is 0.236. The Morgan fingerprint density at radius 2 is 2.06 bits per heavy atom. The highest BCUT2D eigenvalue weighted by Crippen LogP contribution is 2.29. The average Bonchev–Trinajstić information content (AvgIpc) is 3.48. The Bertz CT molecular complexity index is 1230. The molecule has 4 rings (SSSR count). The van der Waals surface area contributed by atoms with E-state index in [9.17, 15) is 18.3 Å². The van der Waals surface area contributed by atoms with Crippen LogP contribution in [-0.4, -0.2) is 47.5 Å². The van der Waals surface area contributed by atoms with Crippen LogP contribution >= 0.6 is 11.3 Å². The quantitative estimate of drug-likeness (QED) is 0.544. The smallest absolute Gasteiger partial charge is 0.324 e. The number of nitrogens with zero attached hydrogens (tertiary/aromatic N) is 2. The van der Waals surface area contributed by atoms with Crippen LogP contribution in [-0.2, 0) is 26.2 Å². The van der Waals surface area contributed by atoms with Crippen LogP contribution in [0.3, 0.4) is 0 Å². The van der Waals surface area contributed by atoms with Crippen LogP contribution in [0.25, 0.3) is 10.8 Å². The van der Waals surface area contributed by atoms with Crippen molar-refractivity contribution in [3.63, 3.8) is 0 Å². The summed E-state index contributed by atoms with van der Waals surface area (Å²) in [4.78, 5) is 18.1. The monoisotopic (exact) mass is 476 g/mol. The fraction of sp³-hybridized carbons (Fsp3) is 0.364. The Balaban J connectivity index is 1.51. The molecule has 170 valence electrons. The van der Waals surface area contributed by atoms with Crippen molar-refractivity contribution in [3.8, 4) is 10.8 Å². The van der Waals surface area contributed by atoms with Gasteiger partial charge in [-0.2, -0.15) is 4.31 Å². The predicted molar refractivity (Wildman–Crippen MR) is 119 cm³/mol. The molecule has 1 N–H and O–H groups in total. The number of aryl methyl sites for hydroxylation is 3. The Labute approximate surface area is 190 Å². The summed E-state index contributed by atoms with van der Waals surface area (Å²) < 4.78 is 38.5. The van der Waals surface area contributed by atoms with Gasteiger partial charge in [0.2, 0.25) is 15.9 Å². The van der Waals surface area contributed by atoms with Crippen molar-refractivity contribution in [1.29, 1.82) is 0 Å². The molecule has 1 aliphatic rings. The van der Waals surface area contributed by atoms with E-state index in [4.69, 9.17) is 9.15 Å². The first-order valence-corrected chi connectivity index (χ1v) is 12.4. The van der Waals surface area contributed by atoms with Gasteiger partial charge in [0.1, 0.15) is 24.1 Å². The lowest BCUT2D eigenvalue weighted by molar-refractivity contribution is -0.149. The van der Waals surface area contributed by atoms with Gasteiger partial charge in [0.05, 0.1) is 15.9 Å². The highest BCUT2D eigenvalue weighted by atomic mass is 32.2. The molecule has 0 aliphatic carbocycles. The molecule has 3 heterocycles. The van der Waals surface area contributed by atoms with Gasteiger partial charge >= 0.3 is 5.97 Å². The Hall–Kier alpha value is -2.53. The van der Waals surface area contributed by atoms with Crippen LogP contribution in [0.4, 0.5) is 0 Å². The van der Waals surface area contributed by atoms with Crippen LogP contribution in [0.15, 0.2) is 45.0 Å². The van der Waals surface area contributed by atoms with E-state index in [1.165, 1.54) is 17.4 Å². The van der Waals surface area contributed by atoms with Gasteiger partial charge in [-0.3, -0.25) is 4.79 Å². The Kier molecular flexibility index (Phi) is 6.22. The molecule has 0 bridgehead atoms. The number of aromatic nitrogens is 1. The summed E-state index contributed by atoms with van der Waals surface area (Å²) in [5, 5.41) is 12.0. The van der Waals surface area contributed by atoms with Crippen molar-refractivity contribution < 1.29 is 27.5 Å². The van der Waals surface area contributed by atoms with E-state index < -0.39 is 28.1 Å². The maximum Gasteiger partial charge on any atom is 0.324 e. The number of carbonyl (C=O) groups excluding carboxylic acids is 1. The second-order valence-corrected chi connectivity index (χ2v) is 10.7. The number of carbonyl (C=O) groups is 1. The van der Waals surface area contributed by atoms with Gasteiger partial charge in [-0.05, 0) is 55.5 Å². The lowest BCUT2D eigenvalue weighted by Gasteiger charge is -2.22. The Morgan fingerprint density at radius 3 is 2.75 bits per heavy atom. The molecule has 1 saturated heterocycles. The molecule has 0 amide bonds. The average molecular weight is 477 g/mol. The third kappa shape index (κ3) is 4.36. The zero-order valence-corrected chi connectivity index (χ0v) is 19.6. The second kappa shape index (κ2) is 8.78. The van der Waals surface area contributed by atoms with Gasteiger partial charge in [-0.1, -0.05) is 12.1 Å². The molecule has 0 spiro atoms. The fourth-order valence-corrected chi connectivity index (χ4v) is 5.94. The molecule has 0 unspecified atom stereocenters. The first kappa shape index (κ1) is 22.7. The summed E-state index contributed by atoms with van der Waals surface area (Å²) in [5.41, 5.74) is 2.25. The van der Waals surface area contributed by atoms with Crippen molar-refractivity contribution in [2.75, 3.05) is 6.54 Å². The van der Waals surface area contributed by atoms with Gasteiger partial charge in [-0.25, -0.2) is 13.4 Å². The number of benzene rings is 1.